The molecule has 1 saturated heterocycles. The molecule has 0 spiro atoms. The molecule has 122 valence electrons. The van der Waals surface area contributed by atoms with Crippen molar-refractivity contribution in [2.24, 2.45) is 0 Å². The zero-order valence-corrected chi connectivity index (χ0v) is 14.5. The molecule has 1 aliphatic rings. The second kappa shape index (κ2) is 7.08. The molecule has 5 nitrogen and oxygen atoms in total. The first-order valence-electron chi connectivity index (χ1n) is 8.01. The van der Waals surface area contributed by atoms with Gasteiger partial charge in [0.2, 0.25) is 0 Å². The molecular weight excluding hydrogens is 308 g/mol. The van der Waals surface area contributed by atoms with Crippen LogP contribution in [0.4, 0.5) is 5.82 Å². The van der Waals surface area contributed by atoms with Gasteiger partial charge in [-0.15, -0.1) is 11.3 Å². The smallest absolute Gasteiger partial charge is 0.257 e. The van der Waals surface area contributed by atoms with Gasteiger partial charge in [0, 0.05) is 31.2 Å². The highest BCUT2D eigenvalue weighted by Crippen LogP contribution is 2.23. The van der Waals surface area contributed by atoms with Gasteiger partial charge in [-0.05, 0) is 38.3 Å². The van der Waals surface area contributed by atoms with E-state index in [1.807, 2.05) is 31.6 Å². The van der Waals surface area contributed by atoms with Gasteiger partial charge in [-0.25, -0.2) is 9.97 Å². The van der Waals surface area contributed by atoms with Crippen LogP contribution in [0, 0.1) is 6.92 Å². The average Bonchev–Trinajstić information content (AvgIpc) is 3.00. The molecule has 6 heteroatoms. The Labute approximate surface area is 141 Å². The molecule has 0 saturated carbocycles. The molecule has 3 rings (SSSR count). The van der Waals surface area contributed by atoms with E-state index in [9.17, 15) is 4.79 Å². The van der Waals surface area contributed by atoms with Gasteiger partial charge in [0.1, 0.15) is 5.82 Å². The minimum Gasteiger partial charge on any atom is -0.356 e. The molecule has 1 fully saturated rings. The van der Waals surface area contributed by atoms with Gasteiger partial charge in [0.05, 0.1) is 23.3 Å². The highest BCUT2D eigenvalue weighted by atomic mass is 32.1. The topological polar surface area (TPSA) is 49.3 Å². The predicted octanol–water partition coefficient (Wildman–Crippen LogP) is 3.11. The van der Waals surface area contributed by atoms with E-state index in [0.717, 1.165) is 29.5 Å². The maximum Gasteiger partial charge on any atom is 0.257 e. The maximum atomic E-state index is 12.9. The summed E-state index contributed by atoms with van der Waals surface area (Å²) in [5.41, 5.74) is 3.52. The fourth-order valence-electron chi connectivity index (χ4n) is 2.89. The van der Waals surface area contributed by atoms with Crippen molar-refractivity contribution >= 4 is 23.1 Å². The quantitative estimate of drug-likeness (QED) is 0.864. The third kappa shape index (κ3) is 3.52. The number of rotatable bonds is 4. The fraction of sp³-hybridized carbons (Fsp3) is 0.471. The summed E-state index contributed by atoms with van der Waals surface area (Å²) in [5, 5.41) is 0. The first-order valence-corrected chi connectivity index (χ1v) is 8.89. The predicted molar refractivity (Wildman–Crippen MR) is 92.9 cm³/mol. The SMILES string of the molecule is Cc1ncsc1CN(C)C(=O)c1cccnc1N1CCCCC1. The molecular formula is C17H22N4OS. The Kier molecular flexibility index (Phi) is 4.91. The Balaban J connectivity index is 1.80. The van der Waals surface area contributed by atoms with Crippen LogP contribution in [0.25, 0.3) is 0 Å². The van der Waals surface area contributed by atoms with Crippen molar-refractivity contribution in [3.8, 4) is 0 Å². The van der Waals surface area contributed by atoms with Crippen LogP contribution in [0.3, 0.4) is 0 Å². The zero-order chi connectivity index (χ0) is 16.2. The van der Waals surface area contributed by atoms with Gasteiger partial charge in [0.15, 0.2) is 0 Å². The Morgan fingerprint density at radius 2 is 2.09 bits per heavy atom. The third-order valence-corrected chi connectivity index (χ3v) is 5.16. The Bertz CT molecular complexity index is 679. The van der Waals surface area contributed by atoms with Gasteiger partial charge in [-0.2, -0.15) is 0 Å². The zero-order valence-electron chi connectivity index (χ0n) is 13.7. The number of amides is 1. The molecule has 1 aliphatic heterocycles. The number of piperidine rings is 1. The van der Waals surface area contributed by atoms with Crippen LogP contribution in [0.15, 0.2) is 23.8 Å². The molecule has 23 heavy (non-hydrogen) atoms. The van der Waals surface area contributed by atoms with E-state index in [0.29, 0.717) is 12.1 Å². The normalized spacial score (nSPS) is 14.8. The number of hydrogen-bond acceptors (Lipinski definition) is 5. The first kappa shape index (κ1) is 15.9. The molecule has 3 heterocycles. The number of aryl methyl sites for hydroxylation is 1. The van der Waals surface area contributed by atoms with Gasteiger partial charge in [0.25, 0.3) is 5.91 Å². The molecule has 2 aromatic rings. The summed E-state index contributed by atoms with van der Waals surface area (Å²) in [7, 11) is 1.84. The summed E-state index contributed by atoms with van der Waals surface area (Å²) in [5.74, 6) is 0.844. The number of anilines is 1. The second-order valence-corrected chi connectivity index (χ2v) is 6.88. The van der Waals surface area contributed by atoms with E-state index in [-0.39, 0.29) is 5.91 Å². The van der Waals surface area contributed by atoms with E-state index in [4.69, 9.17) is 0 Å². The van der Waals surface area contributed by atoms with Crippen molar-refractivity contribution < 1.29 is 4.79 Å². The van der Waals surface area contributed by atoms with Gasteiger partial charge < -0.3 is 9.80 Å². The largest absolute Gasteiger partial charge is 0.356 e. The van der Waals surface area contributed by atoms with E-state index in [2.05, 4.69) is 14.9 Å². The van der Waals surface area contributed by atoms with Crippen LogP contribution in [-0.4, -0.2) is 40.9 Å². The Morgan fingerprint density at radius 3 is 2.78 bits per heavy atom. The van der Waals surface area contributed by atoms with Crippen molar-refractivity contribution in [2.75, 3.05) is 25.0 Å². The lowest BCUT2D eigenvalue weighted by Crippen LogP contribution is -2.34. The first-order chi connectivity index (χ1) is 11.2. The van der Waals surface area contributed by atoms with E-state index in [1.165, 1.54) is 19.3 Å². The lowest BCUT2D eigenvalue weighted by molar-refractivity contribution is 0.0786. The van der Waals surface area contributed by atoms with Crippen LogP contribution in [0.2, 0.25) is 0 Å². The molecule has 0 bridgehead atoms. The number of pyridine rings is 1. The average molecular weight is 330 g/mol. The van der Waals surface area contributed by atoms with Crippen molar-refractivity contribution in [3.05, 3.63) is 40.0 Å². The third-order valence-electron chi connectivity index (χ3n) is 4.25. The molecule has 2 aromatic heterocycles. The van der Waals surface area contributed by atoms with Crippen molar-refractivity contribution in [2.45, 2.75) is 32.7 Å². The summed E-state index contributed by atoms with van der Waals surface area (Å²) in [6.07, 6.45) is 5.37. The molecule has 0 N–H and O–H groups in total. The Hall–Kier alpha value is -1.95. The number of carbonyl (C=O) groups is 1. The molecule has 0 atom stereocenters. The Morgan fingerprint density at radius 1 is 1.30 bits per heavy atom. The van der Waals surface area contributed by atoms with Crippen molar-refractivity contribution in [1.82, 2.24) is 14.9 Å². The highest BCUT2D eigenvalue weighted by Gasteiger charge is 2.22. The second-order valence-electron chi connectivity index (χ2n) is 5.94. The van der Waals surface area contributed by atoms with Crippen LogP contribution >= 0.6 is 11.3 Å². The summed E-state index contributed by atoms with van der Waals surface area (Å²) < 4.78 is 0. The van der Waals surface area contributed by atoms with Crippen molar-refractivity contribution in [1.29, 1.82) is 0 Å². The molecule has 0 radical (unpaired) electrons. The summed E-state index contributed by atoms with van der Waals surface area (Å²) in [4.78, 5) is 26.8. The number of thiazole rings is 1. The van der Waals surface area contributed by atoms with Crippen molar-refractivity contribution in [3.63, 3.8) is 0 Å². The number of aromatic nitrogens is 2. The van der Waals surface area contributed by atoms with Gasteiger partial charge in [-0.3, -0.25) is 4.79 Å². The van der Waals surface area contributed by atoms with E-state index >= 15 is 0 Å². The summed E-state index contributed by atoms with van der Waals surface area (Å²) in [6, 6.07) is 3.72. The molecule has 0 unspecified atom stereocenters. The highest BCUT2D eigenvalue weighted by molar-refractivity contribution is 7.09. The lowest BCUT2D eigenvalue weighted by atomic mass is 10.1. The maximum absolute atomic E-state index is 12.9. The van der Waals surface area contributed by atoms with E-state index in [1.54, 1.807) is 22.4 Å². The summed E-state index contributed by atoms with van der Waals surface area (Å²) >= 11 is 1.59. The minimum atomic E-state index is 0.0199. The molecule has 0 aromatic carbocycles. The van der Waals surface area contributed by atoms with E-state index < -0.39 is 0 Å². The molecule has 0 aliphatic carbocycles. The van der Waals surface area contributed by atoms with Gasteiger partial charge >= 0.3 is 0 Å². The fourth-order valence-corrected chi connectivity index (χ4v) is 3.72. The minimum absolute atomic E-state index is 0.0199. The number of carbonyl (C=O) groups excluding carboxylic acids is 1. The summed E-state index contributed by atoms with van der Waals surface area (Å²) in [6.45, 7) is 4.53. The lowest BCUT2D eigenvalue weighted by Gasteiger charge is -2.29. The van der Waals surface area contributed by atoms with Crippen LogP contribution in [-0.2, 0) is 6.54 Å². The van der Waals surface area contributed by atoms with Gasteiger partial charge in [-0.1, -0.05) is 0 Å². The standard InChI is InChI=1S/C17H22N4OS/c1-13-15(23-12-19-13)11-20(2)17(22)14-7-6-8-18-16(14)21-9-4-3-5-10-21/h6-8,12H,3-5,9-11H2,1-2H3. The number of nitrogens with zero attached hydrogens (tertiary/aromatic N) is 4. The van der Waals surface area contributed by atoms with Crippen LogP contribution in [0.1, 0.15) is 40.2 Å². The van der Waals surface area contributed by atoms with Crippen LogP contribution in [0.5, 0.6) is 0 Å². The number of hydrogen-bond donors (Lipinski definition) is 0. The monoisotopic (exact) mass is 330 g/mol. The molecule has 1 amide bonds. The van der Waals surface area contributed by atoms with Crippen LogP contribution < -0.4 is 4.90 Å².